The predicted octanol–water partition coefficient (Wildman–Crippen LogP) is 2.48. The molecule has 0 bridgehead atoms. The van der Waals surface area contributed by atoms with Crippen LogP contribution in [0.3, 0.4) is 0 Å². The highest BCUT2D eigenvalue weighted by atomic mass is 35.5. The van der Waals surface area contributed by atoms with Crippen molar-refractivity contribution < 1.29 is 9.53 Å². The lowest BCUT2D eigenvalue weighted by Crippen LogP contribution is -1.96. The summed E-state index contributed by atoms with van der Waals surface area (Å²) in [5.74, 6) is 0.507. The van der Waals surface area contributed by atoms with Gasteiger partial charge in [-0.25, -0.2) is 0 Å². The summed E-state index contributed by atoms with van der Waals surface area (Å²) in [6, 6.07) is 4.77. The first kappa shape index (κ1) is 9.36. The Labute approximate surface area is 80.0 Å². The van der Waals surface area contributed by atoms with Gasteiger partial charge in [0.25, 0.3) is 0 Å². The van der Waals surface area contributed by atoms with Gasteiger partial charge in [-0.3, -0.25) is 4.79 Å². The minimum Gasteiger partial charge on any atom is -0.485 e. The van der Waals surface area contributed by atoms with Gasteiger partial charge in [-0.2, -0.15) is 0 Å². The van der Waals surface area contributed by atoms with Crippen LogP contribution in [0.1, 0.15) is 0 Å². The van der Waals surface area contributed by atoms with Crippen LogP contribution < -0.4 is 4.74 Å². The molecule has 1 rings (SSSR count). The van der Waals surface area contributed by atoms with Crippen LogP contribution in [0.15, 0.2) is 18.2 Å². The normalized spacial score (nSPS) is 9.50. The van der Waals surface area contributed by atoms with Gasteiger partial charge in [-0.1, -0.05) is 23.2 Å². The first-order valence-electron chi connectivity index (χ1n) is 3.17. The van der Waals surface area contributed by atoms with E-state index in [-0.39, 0.29) is 6.61 Å². The van der Waals surface area contributed by atoms with Crippen LogP contribution in [-0.2, 0) is 4.79 Å². The van der Waals surface area contributed by atoms with Gasteiger partial charge < -0.3 is 4.74 Å². The third-order valence-corrected chi connectivity index (χ3v) is 1.93. The molecule has 0 amide bonds. The van der Waals surface area contributed by atoms with E-state index in [2.05, 4.69) is 0 Å². The summed E-state index contributed by atoms with van der Waals surface area (Å²) < 4.78 is 4.92. The summed E-state index contributed by atoms with van der Waals surface area (Å²) >= 11 is 11.3. The van der Waals surface area contributed by atoms with Crippen molar-refractivity contribution in [2.24, 2.45) is 0 Å². The second-order valence-corrected chi connectivity index (χ2v) is 2.82. The lowest BCUT2D eigenvalue weighted by molar-refractivity contribution is 0.365. The maximum absolute atomic E-state index is 9.82. The molecule has 4 heteroatoms. The Morgan fingerprint density at radius 3 is 2.67 bits per heavy atom. The smallest absolute Gasteiger partial charge is 0.239 e. The molecule has 0 aliphatic carbocycles. The maximum Gasteiger partial charge on any atom is 0.239 e. The SMILES string of the molecule is O=[C]COc1ccc(Cl)c(Cl)c1. The Balaban J connectivity index is 2.75. The van der Waals surface area contributed by atoms with E-state index in [0.29, 0.717) is 15.8 Å². The zero-order chi connectivity index (χ0) is 8.97. The van der Waals surface area contributed by atoms with E-state index in [1.54, 1.807) is 24.5 Å². The Morgan fingerprint density at radius 2 is 2.08 bits per heavy atom. The van der Waals surface area contributed by atoms with Crippen LogP contribution in [0.4, 0.5) is 0 Å². The number of ether oxygens (including phenoxy) is 1. The standard InChI is InChI=1S/C8H5Cl2O2/c9-7-2-1-6(5-8(7)10)12-4-3-11/h1-2,5H,4H2. The zero-order valence-electron chi connectivity index (χ0n) is 6.01. The van der Waals surface area contributed by atoms with E-state index in [1.807, 2.05) is 0 Å². The van der Waals surface area contributed by atoms with Crippen LogP contribution >= 0.6 is 23.2 Å². The van der Waals surface area contributed by atoms with E-state index in [4.69, 9.17) is 27.9 Å². The maximum atomic E-state index is 9.82. The molecule has 0 unspecified atom stereocenters. The first-order valence-corrected chi connectivity index (χ1v) is 3.92. The summed E-state index contributed by atoms with van der Waals surface area (Å²) in [5, 5.41) is 0.860. The van der Waals surface area contributed by atoms with Crippen molar-refractivity contribution in [3.05, 3.63) is 28.2 Å². The fraction of sp³-hybridized carbons (Fsp3) is 0.125. The molecule has 0 spiro atoms. The number of benzene rings is 1. The van der Waals surface area contributed by atoms with E-state index in [1.165, 1.54) is 0 Å². The van der Waals surface area contributed by atoms with Crippen molar-refractivity contribution in [2.75, 3.05) is 6.61 Å². The second-order valence-electron chi connectivity index (χ2n) is 2.01. The summed E-state index contributed by atoms with van der Waals surface area (Å²) in [5.41, 5.74) is 0. The molecule has 0 saturated carbocycles. The zero-order valence-corrected chi connectivity index (χ0v) is 7.52. The van der Waals surface area contributed by atoms with Gasteiger partial charge in [0, 0.05) is 6.07 Å². The highest BCUT2D eigenvalue weighted by Gasteiger charge is 1.99. The molecule has 1 aromatic rings. The molecule has 0 aromatic heterocycles. The molecule has 0 fully saturated rings. The van der Waals surface area contributed by atoms with Gasteiger partial charge in [0.15, 0.2) is 6.61 Å². The molecule has 1 radical (unpaired) electrons. The van der Waals surface area contributed by atoms with Gasteiger partial charge >= 0.3 is 0 Å². The third kappa shape index (κ3) is 2.40. The van der Waals surface area contributed by atoms with Crippen molar-refractivity contribution >= 4 is 29.5 Å². The third-order valence-electron chi connectivity index (χ3n) is 1.19. The highest BCUT2D eigenvalue weighted by Crippen LogP contribution is 2.25. The molecule has 0 aliphatic heterocycles. The molecule has 0 atom stereocenters. The van der Waals surface area contributed by atoms with Crippen molar-refractivity contribution in [1.29, 1.82) is 0 Å². The van der Waals surface area contributed by atoms with Crippen molar-refractivity contribution in [3.8, 4) is 5.75 Å². The molecule has 0 saturated heterocycles. The fourth-order valence-corrected chi connectivity index (χ4v) is 0.968. The van der Waals surface area contributed by atoms with Gasteiger partial charge in [-0.15, -0.1) is 0 Å². The van der Waals surface area contributed by atoms with E-state index in [9.17, 15) is 4.79 Å². The molecule has 0 N–H and O–H groups in total. The number of hydrogen-bond acceptors (Lipinski definition) is 2. The average Bonchev–Trinajstić information content (AvgIpc) is 2.07. The quantitative estimate of drug-likeness (QED) is 0.755. The Hall–Kier alpha value is -0.730. The number of hydrogen-bond donors (Lipinski definition) is 0. The molecular weight excluding hydrogens is 199 g/mol. The largest absolute Gasteiger partial charge is 0.485 e. The summed E-state index contributed by atoms with van der Waals surface area (Å²) in [6.07, 6.45) is 1.60. The topological polar surface area (TPSA) is 26.3 Å². The van der Waals surface area contributed by atoms with E-state index in [0.717, 1.165) is 0 Å². The van der Waals surface area contributed by atoms with Crippen LogP contribution in [0.2, 0.25) is 10.0 Å². The van der Waals surface area contributed by atoms with Crippen molar-refractivity contribution in [2.45, 2.75) is 0 Å². The second kappa shape index (κ2) is 4.33. The van der Waals surface area contributed by atoms with Crippen molar-refractivity contribution in [1.82, 2.24) is 0 Å². The van der Waals surface area contributed by atoms with Crippen LogP contribution in [-0.4, -0.2) is 12.9 Å². The number of carbonyl (C=O) groups excluding carboxylic acids is 1. The summed E-state index contributed by atoms with van der Waals surface area (Å²) in [7, 11) is 0. The van der Waals surface area contributed by atoms with Crippen LogP contribution in [0.25, 0.3) is 0 Å². The lowest BCUT2D eigenvalue weighted by atomic mass is 10.3. The van der Waals surface area contributed by atoms with E-state index < -0.39 is 0 Å². The monoisotopic (exact) mass is 203 g/mol. The van der Waals surface area contributed by atoms with Gasteiger partial charge in [0.2, 0.25) is 6.29 Å². The Kier molecular flexibility index (Phi) is 3.38. The first-order chi connectivity index (χ1) is 5.74. The summed E-state index contributed by atoms with van der Waals surface area (Å²) in [4.78, 5) is 9.82. The highest BCUT2D eigenvalue weighted by molar-refractivity contribution is 6.42. The molecule has 0 heterocycles. The van der Waals surface area contributed by atoms with Gasteiger partial charge in [0.05, 0.1) is 10.0 Å². The van der Waals surface area contributed by atoms with E-state index >= 15 is 0 Å². The molecular formula is C8H5Cl2O2. The Bertz CT molecular complexity index is 286. The number of rotatable bonds is 3. The van der Waals surface area contributed by atoms with Gasteiger partial charge in [0.1, 0.15) is 5.75 Å². The lowest BCUT2D eigenvalue weighted by Gasteiger charge is -2.02. The molecule has 12 heavy (non-hydrogen) atoms. The number of halogens is 2. The minimum atomic E-state index is -0.0992. The molecule has 1 aromatic carbocycles. The van der Waals surface area contributed by atoms with Gasteiger partial charge in [-0.05, 0) is 12.1 Å². The summed E-state index contributed by atoms with van der Waals surface area (Å²) in [6.45, 7) is -0.0992. The fourth-order valence-electron chi connectivity index (χ4n) is 0.679. The van der Waals surface area contributed by atoms with Crippen LogP contribution in [0.5, 0.6) is 5.75 Å². The molecule has 63 valence electrons. The molecule has 0 aliphatic rings. The van der Waals surface area contributed by atoms with Crippen LogP contribution in [0, 0.1) is 0 Å². The predicted molar refractivity (Wildman–Crippen MR) is 47.7 cm³/mol. The minimum absolute atomic E-state index is 0.0992. The Morgan fingerprint density at radius 1 is 1.33 bits per heavy atom. The van der Waals surface area contributed by atoms with Crippen molar-refractivity contribution in [3.63, 3.8) is 0 Å². The average molecular weight is 204 g/mol. The molecule has 2 nitrogen and oxygen atoms in total.